The number of hydrogen-bond donors (Lipinski definition) is 1. The molecule has 0 atom stereocenters. The van der Waals surface area contributed by atoms with Crippen molar-refractivity contribution in [2.75, 3.05) is 13.6 Å². The minimum Gasteiger partial charge on any atom is -0.424 e. The molecule has 0 spiro atoms. The molecule has 0 fully saturated rings. The summed E-state index contributed by atoms with van der Waals surface area (Å²) in [5.41, 5.74) is -0.706. The standard InChI is InChI=1S/C10H19N3O2/c1-5-8-11-12-9(15-8)6-13(4)7-10(2,3)14/h14H,5-7H2,1-4H3. The summed E-state index contributed by atoms with van der Waals surface area (Å²) in [6, 6.07) is 0. The summed E-state index contributed by atoms with van der Waals surface area (Å²) < 4.78 is 5.37. The lowest BCUT2D eigenvalue weighted by Gasteiger charge is -2.23. The van der Waals surface area contributed by atoms with Crippen LogP contribution in [-0.4, -0.2) is 39.4 Å². The van der Waals surface area contributed by atoms with Crippen molar-refractivity contribution in [2.45, 2.75) is 39.3 Å². The van der Waals surface area contributed by atoms with E-state index in [2.05, 4.69) is 10.2 Å². The molecule has 5 nitrogen and oxygen atoms in total. The second-order valence-corrected chi connectivity index (χ2v) is 4.43. The number of aryl methyl sites for hydroxylation is 1. The average molecular weight is 213 g/mol. The first-order valence-electron chi connectivity index (χ1n) is 5.13. The molecule has 1 N–H and O–H groups in total. The lowest BCUT2D eigenvalue weighted by atomic mass is 10.1. The number of hydrogen-bond acceptors (Lipinski definition) is 5. The largest absolute Gasteiger partial charge is 0.424 e. The fraction of sp³-hybridized carbons (Fsp3) is 0.800. The van der Waals surface area contributed by atoms with Gasteiger partial charge in [-0.3, -0.25) is 4.90 Å². The lowest BCUT2D eigenvalue weighted by molar-refractivity contribution is 0.0402. The molecule has 0 saturated heterocycles. The van der Waals surface area contributed by atoms with Gasteiger partial charge < -0.3 is 9.52 Å². The van der Waals surface area contributed by atoms with Crippen LogP contribution in [0.2, 0.25) is 0 Å². The van der Waals surface area contributed by atoms with Crippen LogP contribution in [0.15, 0.2) is 4.42 Å². The van der Waals surface area contributed by atoms with Crippen molar-refractivity contribution in [1.82, 2.24) is 15.1 Å². The predicted molar refractivity (Wildman–Crippen MR) is 56.3 cm³/mol. The Hall–Kier alpha value is -0.940. The molecule has 0 saturated carbocycles. The average Bonchev–Trinajstić information content (AvgIpc) is 2.48. The maximum atomic E-state index is 9.61. The zero-order chi connectivity index (χ0) is 11.5. The van der Waals surface area contributed by atoms with Crippen molar-refractivity contribution in [3.05, 3.63) is 11.8 Å². The fourth-order valence-electron chi connectivity index (χ4n) is 1.44. The van der Waals surface area contributed by atoms with E-state index in [-0.39, 0.29) is 0 Å². The van der Waals surface area contributed by atoms with E-state index in [9.17, 15) is 5.11 Å². The van der Waals surface area contributed by atoms with Gasteiger partial charge in [-0.25, -0.2) is 0 Å². The molecule has 0 bridgehead atoms. The van der Waals surface area contributed by atoms with E-state index in [0.717, 1.165) is 6.42 Å². The summed E-state index contributed by atoms with van der Waals surface area (Å²) in [4.78, 5) is 1.95. The van der Waals surface area contributed by atoms with Gasteiger partial charge in [-0.05, 0) is 20.9 Å². The van der Waals surface area contributed by atoms with Gasteiger partial charge in [-0.1, -0.05) is 6.92 Å². The van der Waals surface area contributed by atoms with E-state index in [1.807, 2.05) is 18.9 Å². The van der Waals surface area contributed by atoms with Gasteiger partial charge in [0.05, 0.1) is 12.1 Å². The predicted octanol–water partition coefficient (Wildman–Crippen LogP) is 0.835. The Kier molecular flexibility index (Phi) is 3.82. The second kappa shape index (κ2) is 4.72. The van der Waals surface area contributed by atoms with Crippen molar-refractivity contribution in [1.29, 1.82) is 0 Å². The molecule has 1 aromatic rings. The summed E-state index contributed by atoms with van der Waals surface area (Å²) in [7, 11) is 1.91. The molecular weight excluding hydrogens is 194 g/mol. The summed E-state index contributed by atoms with van der Waals surface area (Å²) in [5.74, 6) is 1.25. The van der Waals surface area contributed by atoms with E-state index in [1.54, 1.807) is 13.8 Å². The Balaban J connectivity index is 2.47. The van der Waals surface area contributed by atoms with Gasteiger partial charge in [0.25, 0.3) is 0 Å². The highest BCUT2D eigenvalue weighted by Gasteiger charge is 2.17. The van der Waals surface area contributed by atoms with Crippen LogP contribution in [0.3, 0.4) is 0 Å². The molecule has 0 amide bonds. The molecule has 0 unspecified atom stereocenters. The fourth-order valence-corrected chi connectivity index (χ4v) is 1.44. The first kappa shape index (κ1) is 12.1. The van der Waals surface area contributed by atoms with Crippen LogP contribution >= 0.6 is 0 Å². The number of nitrogens with zero attached hydrogens (tertiary/aromatic N) is 3. The molecule has 0 aliphatic carbocycles. The third-order valence-corrected chi connectivity index (χ3v) is 1.87. The van der Waals surface area contributed by atoms with Crippen LogP contribution in [0.4, 0.5) is 0 Å². The minimum absolute atomic E-state index is 0.566. The van der Waals surface area contributed by atoms with Crippen molar-refractivity contribution in [3.63, 3.8) is 0 Å². The molecule has 15 heavy (non-hydrogen) atoms. The van der Waals surface area contributed by atoms with Crippen LogP contribution in [0.25, 0.3) is 0 Å². The molecule has 0 aliphatic heterocycles. The van der Waals surface area contributed by atoms with E-state index < -0.39 is 5.60 Å². The topological polar surface area (TPSA) is 62.4 Å². The molecular formula is C10H19N3O2. The van der Waals surface area contributed by atoms with E-state index in [0.29, 0.717) is 24.9 Å². The van der Waals surface area contributed by atoms with Gasteiger partial charge in [-0.2, -0.15) is 0 Å². The maximum Gasteiger partial charge on any atom is 0.230 e. The molecule has 1 rings (SSSR count). The van der Waals surface area contributed by atoms with Gasteiger partial charge in [0, 0.05) is 13.0 Å². The molecule has 0 aromatic carbocycles. The summed E-state index contributed by atoms with van der Waals surface area (Å²) in [6.45, 7) is 6.65. The van der Waals surface area contributed by atoms with Crippen LogP contribution in [-0.2, 0) is 13.0 Å². The maximum absolute atomic E-state index is 9.61. The highest BCUT2D eigenvalue weighted by Crippen LogP contribution is 2.07. The number of aromatic nitrogens is 2. The van der Waals surface area contributed by atoms with E-state index in [1.165, 1.54) is 0 Å². The van der Waals surface area contributed by atoms with Crippen LogP contribution in [0.1, 0.15) is 32.6 Å². The van der Waals surface area contributed by atoms with Crippen LogP contribution in [0.5, 0.6) is 0 Å². The van der Waals surface area contributed by atoms with Gasteiger partial charge in [-0.15, -0.1) is 10.2 Å². The monoisotopic (exact) mass is 213 g/mol. The third kappa shape index (κ3) is 4.40. The Morgan fingerprint density at radius 2 is 1.93 bits per heavy atom. The highest BCUT2D eigenvalue weighted by molar-refractivity contribution is 4.82. The number of rotatable bonds is 5. The number of aliphatic hydroxyl groups is 1. The highest BCUT2D eigenvalue weighted by atomic mass is 16.4. The summed E-state index contributed by atoms with van der Waals surface area (Å²) in [5, 5.41) is 17.4. The Bertz CT molecular complexity index is 304. The van der Waals surface area contributed by atoms with Crippen molar-refractivity contribution in [3.8, 4) is 0 Å². The first-order chi connectivity index (χ1) is 6.90. The molecule has 0 radical (unpaired) electrons. The van der Waals surface area contributed by atoms with Gasteiger partial charge in [0.2, 0.25) is 11.8 Å². The first-order valence-corrected chi connectivity index (χ1v) is 5.13. The van der Waals surface area contributed by atoms with Gasteiger partial charge >= 0.3 is 0 Å². The van der Waals surface area contributed by atoms with Crippen LogP contribution < -0.4 is 0 Å². The Labute approximate surface area is 90.1 Å². The van der Waals surface area contributed by atoms with Crippen LogP contribution in [0, 0.1) is 0 Å². The number of likely N-dealkylation sites (N-methyl/N-ethyl adjacent to an activating group) is 1. The zero-order valence-corrected chi connectivity index (χ0v) is 9.82. The quantitative estimate of drug-likeness (QED) is 0.785. The van der Waals surface area contributed by atoms with Crippen molar-refractivity contribution in [2.24, 2.45) is 0 Å². The van der Waals surface area contributed by atoms with E-state index >= 15 is 0 Å². The van der Waals surface area contributed by atoms with Gasteiger partial charge in [0.1, 0.15) is 0 Å². The van der Waals surface area contributed by atoms with E-state index in [4.69, 9.17) is 4.42 Å². The summed E-state index contributed by atoms with van der Waals surface area (Å²) in [6.07, 6.45) is 0.752. The zero-order valence-electron chi connectivity index (χ0n) is 9.82. The van der Waals surface area contributed by atoms with Gasteiger partial charge in [0.15, 0.2) is 0 Å². The normalized spacial score (nSPS) is 12.4. The van der Waals surface area contributed by atoms with Crippen molar-refractivity contribution < 1.29 is 9.52 Å². The third-order valence-electron chi connectivity index (χ3n) is 1.87. The second-order valence-electron chi connectivity index (χ2n) is 4.43. The minimum atomic E-state index is -0.706. The lowest BCUT2D eigenvalue weighted by Crippen LogP contribution is -2.35. The SMILES string of the molecule is CCc1nnc(CN(C)CC(C)(C)O)o1. The molecule has 1 heterocycles. The molecule has 86 valence electrons. The molecule has 5 heteroatoms. The van der Waals surface area contributed by atoms with Crippen molar-refractivity contribution >= 4 is 0 Å². The molecule has 1 aromatic heterocycles. The Morgan fingerprint density at radius 1 is 1.33 bits per heavy atom. The Morgan fingerprint density at radius 3 is 2.40 bits per heavy atom. The smallest absolute Gasteiger partial charge is 0.230 e. The molecule has 0 aliphatic rings. The summed E-state index contributed by atoms with van der Waals surface area (Å²) >= 11 is 0.